The number of nitrogens with one attached hydrogen (secondary N) is 3. The van der Waals surface area contributed by atoms with Crippen LogP contribution in [-0.4, -0.2) is 35.9 Å². The molecule has 0 aliphatic heterocycles. The molecule has 162 valence electrons. The minimum Gasteiger partial charge on any atom is -0.465 e. The Bertz CT molecular complexity index is 1180. The third kappa shape index (κ3) is 4.85. The summed E-state index contributed by atoms with van der Waals surface area (Å²) in [6.07, 6.45) is 1.57. The zero-order valence-electron chi connectivity index (χ0n) is 16.5. The Morgan fingerprint density at radius 1 is 1.10 bits per heavy atom. The number of rotatable bonds is 6. The fraction of sp³-hybridized carbons (Fsp3) is 0.190. The molecule has 3 aromatic rings. The number of H-pyrrole nitrogens is 1. The maximum absolute atomic E-state index is 14.2. The summed E-state index contributed by atoms with van der Waals surface area (Å²) in [5, 5.41) is 5.37. The van der Waals surface area contributed by atoms with Gasteiger partial charge < -0.3 is 20.4 Å². The normalized spacial score (nSPS) is 11.8. The number of halogens is 3. The van der Waals surface area contributed by atoms with Crippen LogP contribution in [0.15, 0.2) is 36.5 Å². The van der Waals surface area contributed by atoms with E-state index in [2.05, 4.69) is 20.4 Å². The first-order valence-electron chi connectivity index (χ1n) is 9.10. The van der Waals surface area contributed by atoms with E-state index in [4.69, 9.17) is 0 Å². The van der Waals surface area contributed by atoms with Crippen molar-refractivity contribution in [1.29, 1.82) is 0 Å². The summed E-state index contributed by atoms with van der Waals surface area (Å²) in [6.45, 7) is 1.21. The van der Waals surface area contributed by atoms with E-state index in [-0.39, 0.29) is 6.42 Å². The predicted molar refractivity (Wildman–Crippen MR) is 106 cm³/mol. The van der Waals surface area contributed by atoms with Crippen LogP contribution in [0.3, 0.4) is 0 Å². The molecule has 2 aromatic carbocycles. The number of benzene rings is 2. The SMILES string of the molecule is COC(=O)c1cc(NC(=O)C(Cc2c[nH]c3cc(F)ccc23)NC(C)=O)c(F)cc1F. The van der Waals surface area contributed by atoms with E-state index in [0.29, 0.717) is 22.5 Å². The van der Waals surface area contributed by atoms with E-state index >= 15 is 0 Å². The Labute approximate surface area is 174 Å². The van der Waals surface area contributed by atoms with Crippen molar-refractivity contribution in [3.8, 4) is 0 Å². The van der Waals surface area contributed by atoms with Gasteiger partial charge in [-0.1, -0.05) is 0 Å². The average Bonchev–Trinajstić information content (AvgIpc) is 3.10. The molecule has 0 saturated carbocycles. The van der Waals surface area contributed by atoms with E-state index < -0.39 is 52.5 Å². The molecule has 10 heteroatoms. The number of carbonyl (C=O) groups is 3. The second-order valence-corrected chi connectivity index (χ2v) is 6.75. The third-order valence-corrected chi connectivity index (χ3v) is 4.57. The average molecular weight is 433 g/mol. The van der Waals surface area contributed by atoms with Gasteiger partial charge in [-0.3, -0.25) is 9.59 Å². The van der Waals surface area contributed by atoms with E-state index in [9.17, 15) is 27.6 Å². The molecule has 0 fully saturated rings. The molecule has 0 aliphatic rings. The number of hydrogen-bond acceptors (Lipinski definition) is 4. The number of esters is 1. The number of methoxy groups -OCH3 is 1. The minimum atomic E-state index is -1.15. The maximum atomic E-state index is 14.2. The molecular formula is C21H18F3N3O4. The van der Waals surface area contributed by atoms with Gasteiger partial charge in [-0.15, -0.1) is 0 Å². The first-order valence-corrected chi connectivity index (χ1v) is 9.10. The maximum Gasteiger partial charge on any atom is 0.340 e. The summed E-state index contributed by atoms with van der Waals surface area (Å²) in [4.78, 5) is 38.9. The number of ether oxygens (including phenoxy) is 1. The molecule has 0 radical (unpaired) electrons. The van der Waals surface area contributed by atoms with Gasteiger partial charge in [-0.05, 0) is 29.8 Å². The Morgan fingerprint density at radius 2 is 1.84 bits per heavy atom. The fourth-order valence-electron chi connectivity index (χ4n) is 3.13. The monoisotopic (exact) mass is 433 g/mol. The molecule has 31 heavy (non-hydrogen) atoms. The third-order valence-electron chi connectivity index (χ3n) is 4.57. The number of amides is 2. The van der Waals surface area contributed by atoms with Crippen LogP contribution < -0.4 is 10.6 Å². The molecule has 0 spiro atoms. The standard InChI is InChI=1S/C21H18F3N3O4/c1-10(28)26-19(5-11-9-25-17-6-12(22)3-4-13(11)17)20(29)27-18-7-14(21(30)31-2)15(23)8-16(18)24/h3-4,6-9,19,25H,5H2,1-2H3,(H,26,28)(H,27,29). The van der Waals surface area contributed by atoms with Gasteiger partial charge in [0.05, 0.1) is 18.4 Å². The lowest BCUT2D eigenvalue weighted by Gasteiger charge is -2.18. The molecule has 0 aliphatic carbocycles. The molecular weight excluding hydrogens is 415 g/mol. The highest BCUT2D eigenvalue weighted by Crippen LogP contribution is 2.23. The van der Waals surface area contributed by atoms with Gasteiger partial charge in [0.25, 0.3) is 0 Å². The summed E-state index contributed by atoms with van der Waals surface area (Å²) in [5.41, 5.74) is 0.0973. The van der Waals surface area contributed by atoms with Crippen LogP contribution in [0.4, 0.5) is 18.9 Å². The van der Waals surface area contributed by atoms with Gasteiger partial charge in [0, 0.05) is 36.5 Å². The first kappa shape index (κ1) is 21.9. The van der Waals surface area contributed by atoms with Crippen molar-refractivity contribution in [2.75, 3.05) is 12.4 Å². The highest BCUT2D eigenvalue weighted by Gasteiger charge is 2.24. The van der Waals surface area contributed by atoms with Gasteiger partial charge in [0.2, 0.25) is 11.8 Å². The van der Waals surface area contributed by atoms with Crippen molar-refractivity contribution in [2.45, 2.75) is 19.4 Å². The number of anilines is 1. The second-order valence-electron chi connectivity index (χ2n) is 6.75. The number of carbonyl (C=O) groups excluding carboxylic acids is 3. The van der Waals surface area contributed by atoms with E-state index in [1.165, 1.54) is 25.1 Å². The minimum absolute atomic E-state index is 0.00369. The topological polar surface area (TPSA) is 100 Å². The van der Waals surface area contributed by atoms with E-state index in [1.807, 2.05) is 0 Å². The smallest absolute Gasteiger partial charge is 0.340 e. The number of aromatic nitrogens is 1. The molecule has 3 N–H and O–H groups in total. The second kappa shape index (κ2) is 8.90. The largest absolute Gasteiger partial charge is 0.465 e. The van der Waals surface area contributed by atoms with Crippen LogP contribution in [0.2, 0.25) is 0 Å². The highest BCUT2D eigenvalue weighted by atomic mass is 19.1. The zero-order valence-corrected chi connectivity index (χ0v) is 16.5. The summed E-state index contributed by atoms with van der Waals surface area (Å²) >= 11 is 0. The predicted octanol–water partition coefficient (Wildman–Crippen LogP) is 3.06. The zero-order chi connectivity index (χ0) is 22.7. The quantitative estimate of drug-likeness (QED) is 0.520. The van der Waals surface area contributed by atoms with Crippen LogP contribution in [0.1, 0.15) is 22.8 Å². The van der Waals surface area contributed by atoms with Gasteiger partial charge in [0.1, 0.15) is 23.5 Å². The lowest BCUT2D eigenvalue weighted by atomic mass is 10.0. The van der Waals surface area contributed by atoms with Crippen molar-refractivity contribution in [1.82, 2.24) is 10.3 Å². The van der Waals surface area contributed by atoms with Crippen LogP contribution in [0.25, 0.3) is 10.9 Å². The van der Waals surface area contributed by atoms with E-state index in [0.717, 1.165) is 13.2 Å². The molecule has 2 amide bonds. The molecule has 0 bridgehead atoms. The molecule has 1 atom stereocenters. The van der Waals surface area contributed by atoms with Crippen molar-refractivity contribution in [3.05, 3.63) is 65.1 Å². The van der Waals surface area contributed by atoms with Gasteiger partial charge in [-0.25, -0.2) is 18.0 Å². The molecule has 7 nitrogen and oxygen atoms in total. The summed E-state index contributed by atoms with van der Waals surface area (Å²) in [5.74, 6) is -5.05. The highest BCUT2D eigenvalue weighted by molar-refractivity contribution is 5.99. The number of hydrogen-bond donors (Lipinski definition) is 3. The Balaban J connectivity index is 1.88. The summed E-state index contributed by atoms with van der Waals surface area (Å²) in [6, 6.07) is 4.20. The summed E-state index contributed by atoms with van der Waals surface area (Å²) < 4.78 is 45.8. The van der Waals surface area contributed by atoms with Crippen molar-refractivity contribution < 1.29 is 32.3 Å². The van der Waals surface area contributed by atoms with Crippen LogP contribution in [-0.2, 0) is 20.7 Å². The van der Waals surface area contributed by atoms with Crippen molar-refractivity contribution >= 4 is 34.4 Å². The molecule has 1 unspecified atom stereocenters. The molecule has 0 saturated heterocycles. The molecule has 1 aromatic heterocycles. The summed E-state index contributed by atoms with van der Waals surface area (Å²) in [7, 11) is 1.03. The Hall–Kier alpha value is -3.82. The van der Waals surface area contributed by atoms with Crippen molar-refractivity contribution in [2.24, 2.45) is 0 Å². The van der Waals surface area contributed by atoms with Gasteiger partial charge >= 0.3 is 5.97 Å². The fourth-order valence-corrected chi connectivity index (χ4v) is 3.13. The van der Waals surface area contributed by atoms with Gasteiger partial charge in [0.15, 0.2) is 0 Å². The van der Waals surface area contributed by atoms with Crippen LogP contribution in [0.5, 0.6) is 0 Å². The molecule has 1 heterocycles. The number of aromatic amines is 1. The lowest BCUT2D eigenvalue weighted by Crippen LogP contribution is -2.44. The Morgan fingerprint density at radius 3 is 2.52 bits per heavy atom. The molecule has 3 rings (SSSR count). The van der Waals surface area contributed by atoms with Crippen molar-refractivity contribution in [3.63, 3.8) is 0 Å². The first-order chi connectivity index (χ1) is 14.7. The van der Waals surface area contributed by atoms with Crippen LogP contribution >= 0.6 is 0 Å². The lowest BCUT2D eigenvalue weighted by molar-refractivity contribution is -0.125. The Kier molecular flexibility index (Phi) is 6.28. The van der Waals surface area contributed by atoms with E-state index in [1.54, 1.807) is 6.20 Å². The number of fused-ring (bicyclic) bond motifs is 1. The van der Waals surface area contributed by atoms with Crippen LogP contribution in [0, 0.1) is 17.5 Å². The van der Waals surface area contributed by atoms with Gasteiger partial charge in [-0.2, -0.15) is 0 Å².